The Hall–Kier alpha value is -5.40. The lowest BCUT2D eigenvalue weighted by Gasteiger charge is -2.13. The molecule has 0 fully saturated rings. The molecule has 2 aliphatic carbocycles. The lowest BCUT2D eigenvalue weighted by molar-refractivity contribution is 1.02. The highest BCUT2D eigenvalue weighted by atomic mass is 15.0. The molecule has 2 aliphatic rings. The smallest absolute Gasteiger partial charge is 0.0585 e. The maximum absolute atomic E-state index is 2.48. The SMILES string of the molecule is CC.CC.CC1=CCCC=C1.Cc1cc2c(c3c1c1ccccc1n3-c1ccc(-c3ccccc3)cc1)Cc1ccccc1-2.Cc1ccccc1. The van der Waals surface area contributed by atoms with Crippen molar-refractivity contribution in [3.8, 4) is 27.9 Å². The van der Waals surface area contributed by atoms with E-state index in [1.165, 1.54) is 90.4 Å². The molecular formula is C50H53N. The first kappa shape index (κ1) is 36.9. The number of rotatable bonds is 2. The first-order valence-electron chi connectivity index (χ1n) is 18.7. The van der Waals surface area contributed by atoms with Gasteiger partial charge in [0.1, 0.15) is 0 Å². The van der Waals surface area contributed by atoms with E-state index in [4.69, 9.17) is 0 Å². The first-order valence-corrected chi connectivity index (χ1v) is 18.7. The van der Waals surface area contributed by atoms with Crippen molar-refractivity contribution in [2.24, 2.45) is 0 Å². The van der Waals surface area contributed by atoms with Crippen LogP contribution in [0.4, 0.5) is 0 Å². The van der Waals surface area contributed by atoms with E-state index in [-0.39, 0.29) is 0 Å². The van der Waals surface area contributed by atoms with Crippen LogP contribution in [0.1, 0.15) is 69.7 Å². The molecule has 6 aromatic carbocycles. The van der Waals surface area contributed by atoms with Gasteiger partial charge in [0, 0.05) is 22.9 Å². The number of benzene rings is 6. The van der Waals surface area contributed by atoms with Crippen molar-refractivity contribution in [2.45, 2.75) is 67.7 Å². The molecule has 0 saturated carbocycles. The van der Waals surface area contributed by atoms with Crippen LogP contribution in [0.15, 0.2) is 163 Å². The first-order chi connectivity index (χ1) is 25.1. The van der Waals surface area contributed by atoms with Gasteiger partial charge in [-0.05, 0) is 90.8 Å². The van der Waals surface area contributed by atoms with E-state index in [9.17, 15) is 0 Å². The fourth-order valence-corrected chi connectivity index (χ4v) is 6.96. The van der Waals surface area contributed by atoms with Crippen molar-refractivity contribution in [1.82, 2.24) is 4.57 Å². The summed E-state index contributed by atoms with van der Waals surface area (Å²) in [4.78, 5) is 0. The highest BCUT2D eigenvalue weighted by Crippen LogP contribution is 2.45. The molecule has 0 amide bonds. The molecule has 1 aromatic heterocycles. The van der Waals surface area contributed by atoms with Crippen LogP contribution < -0.4 is 0 Å². The number of fused-ring (bicyclic) bond motifs is 7. The average Bonchev–Trinajstić information content (AvgIpc) is 3.75. The molecule has 7 aromatic rings. The van der Waals surface area contributed by atoms with Gasteiger partial charge in [0.25, 0.3) is 0 Å². The minimum absolute atomic E-state index is 0.987. The zero-order valence-electron chi connectivity index (χ0n) is 31.6. The summed E-state index contributed by atoms with van der Waals surface area (Å²) in [5, 5.41) is 2.71. The van der Waals surface area contributed by atoms with Gasteiger partial charge in [0.15, 0.2) is 0 Å². The van der Waals surface area contributed by atoms with Crippen molar-refractivity contribution in [3.05, 3.63) is 186 Å². The molecule has 258 valence electrons. The quantitative estimate of drug-likeness (QED) is 0.173. The molecule has 1 nitrogen and oxygen atoms in total. The van der Waals surface area contributed by atoms with Gasteiger partial charge in [-0.2, -0.15) is 0 Å². The zero-order valence-corrected chi connectivity index (χ0v) is 31.6. The van der Waals surface area contributed by atoms with E-state index in [0.717, 1.165) is 6.42 Å². The largest absolute Gasteiger partial charge is 0.309 e. The van der Waals surface area contributed by atoms with Crippen LogP contribution in [0, 0.1) is 13.8 Å². The van der Waals surface area contributed by atoms with Crippen LogP contribution >= 0.6 is 0 Å². The maximum Gasteiger partial charge on any atom is 0.0585 e. The molecule has 0 aliphatic heterocycles. The topological polar surface area (TPSA) is 4.93 Å². The molecule has 0 bridgehead atoms. The van der Waals surface area contributed by atoms with E-state index in [1.54, 1.807) is 0 Å². The monoisotopic (exact) mass is 667 g/mol. The highest BCUT2D eigenvalue weighted by molar-refractivity contribution is 6.14. The molecule has 51 heavy (non-hydrogen) atoms. The predicted octanol–water partition coefficient (Wildman–Crippen LogP) is 14.7. The number of aromatic nitrogens is 1. The summed E-state index contributed by atoms with van der Waals surface area (Å²) in [7, 11) is 0. The molecule has 9 rings (SSSR count). The average molecular weight is 668 g/mol. The van der Waals surface area contributed by atoms with E-state index in [0.29, 0.717) is 0 Å². The Morgan fingerprint density at radius 2 is 1.16 bits per heavy atom. The minimum Gasteiger partial charge on any atom is -0.309 e. The molecule has 0 N–H and O–H groups in total. The van der Waals surface area contributed by atoms with Crippen molar-refractivity contribution >= 4 is 21.8 Å². The molecule has 0 unspecified atom stereocenters. The van der Waals surface area contributed by atoms with Crippen LogP contribution in [0.5, 0.6) is 0 Å². The fourth-order valence-electron chi connectivity index (χ4n) is 6.96. The lowest BCUT2D eigenvalue weighted by atomic mass is 9.98. The van der Waals surface area contributed by atoms with Gasteiger partial charge >= 0.3 is 0 Å². The van der Waals surface area contributed by atoms with Crippen molar-refractivity contribution in [3.63, 3.8) is 0 Å². The molecule has 0 atom stereocenters. The number of nitrogens with zero attached hydrogens (tertiary/aromatic N) is 1. The van der Waals surface area contributed by atoms with Crippen LogP contribution in [-0.2, 0) is 6.42 Å². The number of hydrogen-bond donors (Lipinski definition) is 0. The summed E-state index contributed by atoms with van der Waals surface area (Å²) in [6, 6.07) is 50.0. The van der Waals surface area contributed by atoms with Crippen molar-refractivity contribution < 1.29 is 0 Å². The molecule has 0 saturated heterocycles. The fraction of sp³-hybridized carbons (Fsp3) is 0.200. The standard InChI is InChI=1S/C32H23N.C7H10.C7H8.2C2H6/c1-21-19-28-26-12-6-5-11-24(26)20-29(28)32-31(21)27-13-7-8-14-30(27)33(32)25-17-15-23(16-18-25)22-9-3-2-4-10-22;2*1-7-5-3-2-4-6-7;2*1-2/h2-19H,20H2,1H3;3,5-6H,2,4H2,1H3;2-6H,1H3;2*1-2H3. The molecule has 1 heterocycles. The van der Waals surface area contributed by atoms with Gasteiger partial charge in [0.2, 0.25) is 0 Å². The maximum atomic E-state index is 2.48. The summed E-state index contributed by atoms with van der Waals surface area (Å²) >= 11 is 0. The zero-order chi connectivity index (χ0) is 36.2. The molecular weight excluding hydrogens is 615 g/mol. The molecule has 0 spiro atoms. The van der Waals surface area contributed by atoms with Crippen molar-refractivity contribution in [2.75, 3.05) is 0 Å². The normalized spacial score (nSPS) is 12.0. The minimum atomic E-state index is 0.987. The van der Waals surface area contributed by atoms with E-state index >= 15 is 0 Å². The number of hydrogen-bond acceptors (Lipinski definition) is 0. The third-order valence-electron chi connectivity index (χ3n) is 9.27. The second-order valence-electron chi connectivity index (χ2n) is 12.6. The number of allylic oxidation sites excluding steroid dienone is 4. The number of para-hydroxylation sites is 1. The summed E-state index contributed by atoms with van der Waals surface area (Å²) in [5.41, 5.74) is 16.1. The third-order valence-corrected chi connectivity index (χ3v) is 9.27. The summed E-state index contributed by atoms with van der Waals surface area (Å²) in [6.07, 6.45) is 10.1. The Morgan fingerprint density at radius 3 is 1.76 bits per heavy atom. The summed E-state index contributed by atoms with van der Waals surface area (Å²) in [6.45, 7) is 14.5. The van der Waals surface area contributed by atoms with Crippen molar-refractivity contribution in [1.29, 1.82) is 0 Å². The summed E-state index contributed by atoms with van der Waals surface area (Å²) in [5.74, 6) is 0. The highest BCUT2D eigenvalue weighted by Gasteiger charge is 2.25. The van der Waals surface area contributed by atoms with E-state index in [2.05, 4.69) is 165 Å². The van der Waals surface area contributed by atoms with Crippen LogP contribution in [0.2, 0.25) is 0 Å². The third kappa shape index (κ3) is 8.33. The Balaban J connectivity index is 0.000000232. The Labute approximate surface area is 306 Å². The van der Waals surface area contributed by atoms with E-state index in [1.807, 2.05) is 45.9 Å². The van der Waals surface area contributed by atoms with Gasteiger partial charge < -0.3 is 4.57 Å². The van der Waals surface area contributed by atoms with Gasteiger partial charge in [0.05, 0.1) is 11.0 Å². The Bertz CT molecular complexity index is 2210. The molecule has 1 heteroatoms. The van der Waals surface area contributed by atoms with Gasteiger partial charge in [-0.1, -0.05) is 178 Å². The van der Waals surface area contributed by atoms with Crippen LogP contribution in [0.25, 0.3) is 49.7 Å². The Morgan fingerprint density at radius 1 is 0.549 bits per heavy atom. The Kier molecular flexibility index (Phi) is 13.0. The van der Waals surface area contributed by atoms with E-state index < -0.39 is 0 Å². The lowest BCUT2D eigenvalue weighted by Crippen LogP contribution is -1.97. The molecule has 0 radical (unpaired) electrons. The number of aryl methyl sites for hydroxylation is 2. The van der Waals surface area contributed by atoms with Gasteiger partial charge in [-0.25, -0.2) is 0 Å². The predicted molar refractivity (Wildman–Crippen MR) is 225 cm³/mol. The van der Waals surface area contributed by atoms with Crippen LogP contribution in [0.3, 0.4) is 0 Å². The second-order valence-corrected chi connectivity index (χ2v) is 12.6. The summed E-state index contributed by atoms with van der Waals surface area (Å²) < 4.78 is 2.48. The second kappa shape index (κ2) is 18.0. The van der Waals surface area contributed by atoms with Crippen LogP contribution in [-0.4, -0.2) is 4.57 Å². The van der Waals surface area contributed by atoms with Gasteiger partial charge in [-0.15, -0.1) is 0 Å². The van der Waals surface area contributed by atoms with Gasteiger partial charge in [-0.3, -0.25) is 0 Å².